The van der Waals surface area contributed by atoms with E-state index >= 15 is 0 Å². The Labute approximate surface area is 109 Å². The number of hydrogen-bond acceptors (Lipinski definition) is 4. The molecule has 2 aliphatic rings. The van der Waals surface area contributed by atoms with Crippen LogP contribution in [0, 0.1) is 0 Å². The summed E-state index contributed by atoms with van der Waals surface area (Å²) >= 11 is 1.89. The monoisotopic (exact) mass is 278 g/mol. The minimum atomic E-state index is -3.05. The summed E-state index contributed by atoms with van der Waals surface area (Å²) in [5.74, 6) is 2.03. The standard InChI is InChI=1S/C11H22N2O2S2/c1-17(14,15)13-7-4-8-16-10-11(13)9-12-5-2-3-6-12/h11H,2-10H2,1H3. The first-order valence-corrected chi connectivity index (χ1v) is 9.34. The van der Waals surface area contributed by atoms with Crippen LogP contribution in [0.25, 0.3) is 0 Å². The van der Waals surface area contributed by atoms with Gasteiger partial charge in [-0.3, -0.25) is 0 Å². The molecule has 0 bridgehead atoms. The maximum atomic E-state index is 11.8. The molecule has 2 fully saturated rings. The molecule has 4 nitrogen and oxygen atoms in total. The highest BCUT2D eigenvalue weighted by Gasteiger charge is 2.30. The van der Waals surface area contributed by atoms with Gasteiger partial charge < -0.3 is 4.90 Å². The summed E-state index contributed by atoms with van der Waals surface area (Å²) < 4.78 is 25.4. The fraction of sp³-hybridized carbons (Fsp3) is 1.00. The maximum absolute atomic E-state index is 11.8. The molecular formula is C11H22N2O2S2. The van der Waals surface area contributed by atoms with Gasteiger partial charge in [0.1, 0.15) is 0 Å². The highest BCUT2D eigenvalue weighted by atomic mass is 32.2. The molecule has 2 saturated heterocycles. The SMILES string of the molecule is CS(=O)(=O)N1CCCSCC1CN1CCCC1. The highest BCUT2D eigenvalue weighted by Crippen LogP contribution is 2.21. The minimum absolute atomic E-state index is 0.176. The van der Waals surface area contributed by atoms with Crippen molar-refractivity contribution >= 4 is 21.8 Å². The zero-order valence-electron chi connectivity index (χ0n) is 10.5. The van der Waals surface area contributed by atoms with Crippen LogP contribution in [0.3, 0.4) is 0 Å². The third kappa shape index (κ3) is 3.84. The molecule has 6 heteroatoms. The summed E-state index contributed by atoms with van der Waals surface area (Å²) in [4.78, 5) is 2.41. The summed E-state index contributed by atoms with van der Waals surface area (Å²) in [7, 11) is -3.05. The van der Waals surface area contributed by atoms with Gasteiger partial charge in [0.15, 0.2) is 0 Å². The van der Waals surface area contributed by atoms with E-state index in [0.29, 0.717) is 6.54 Å². The molecule has 2 heterocycles. The maximum Gasteiger partial charge on any atom is 0.211 e. The van der Waals surface area contributed by atoms with Gasteiger partial charge in [-0.2, -0.15) is 16.1 Å². The molecule has 0 aromatic carbocycles. The van der Waals surface area contributed by atoms with Gasteiger partial charge in [0.25, 0.3) is 0 Å². The van der Waals surface area contributed by atoms with Crippen molar-refractivity contribution in [3.63, 3.8) is 0 Å². The molecule has 0 aromatic heterocycles. The topological polar surface area (TPSA) is 40.6 Å². The number of rotatable bonds is 3. The predicted molar refractivity (Wildman–Crippen MR) is 73.0 cm³/mol. The fourth-order valence-electron chi connectivity index (χ4n) is 2.65. The molecule has 0 aromatic rings. The Bertz CT molecular complexity index is 339. The zero-order valence-corrected chi connectivity index (χ0v) is 12.1. The van der Waals surface area contributed by atoms with E-state index < -0.39 is 10.0 Å². The lowest BCUT2D eigenvalue weighted by Crippen LogP contribution is -2.47. The molecule has 0 aliphatic carbocycles. The molecule has 17 heavy (non-hydrogen) atoms. The second kappa shape index (κ2) is 5.91. The van der Waals surface area contributed by atoms with Crippen LogP contribution in [0.5, 0.6) is 0 Å². The summed E-state index contributed by atoms with van der Waals surface area (Å²) in [6, 6.07) is 0.176. The smallest absolute Gasteiger partial charge is 0.211 e. The van der Waals surface area contributed by atoms with E-state index in [0.717, 1.165) is 37.6 Å². The van der Waals surface area contributed by atoms with Crippen LogP contribution in [0.15, 0.2) is 0 Å². The molecule has 2 aliphatic heterocycles. The third-order valence-electron chi connectivity index (χ3n) is 3.48. The van der Waals surface area contributed by atoms with E-state index in [1.165, 1.54) is 19.1 Å². The van der Waals surface area contributed by atoms with Crippen molar-refractivity contribution in [1.82, 2.24) is 9.21 Å². The Morgan fingerprint density at radius 3 is 2.53 bits per heavy atom. The van der Waals surface area contributed by atoms with Gasteiger partial charge in [0, 0.05) is 24.9 Å². The van der Waals surface area contributed by atoms with Crippen LogP contribution in [0.2, 0.25) is 0 Å². The normalized spacial score (nSPS) is 29.4. The molecule has 0 saturated carbocycles. The van der Waals surface area contributed by atoms with E-state index in [-0.39, 0.29) is 6.04 Å². The van der Waals surface area contributed by atoms with E-state index in [4.69, 9.17) is 0 Å². The quantitative estimate of drug-likeness (QED) is 0.767. The average Bonchev–Trinajstić information content (AvgIpc) is 2.61. The fourth-order valence-corrected chi connectivity index (χ4v) is 4.95. The second-order valence-electron chi connectivity index (χ2n) is 4.96. The zero-order chi connectivity index (χ0) is 12.3. The van der Waals surface area contributed by atoms with Crippen molar-refractivity contribution in [1.29, 1.82) is 0 Å². The molecule has 0 N–H and O–H groups in total. The second-order valence-corrected chi connectivity index (χ2v) is 8.05. The number of thioether (sulfide) groups is 1. The Balaban J connectivity index is 2.03. The van der Waals surface area contributed by atoms with E-state index in [1.807, 2.05) is 11.8 Å². The molecule has 100 valence electrons. The van der Waals surface area contributed by atoms with Crippen molar-refractivity contribution < 1.29 is 8.42 Å². The minimum Gasteiger partial charge on any atom is -0.302 e. The van der Waals surface area contributed by atoms with E-state index in [9.17, 15) is 8.42 Å². The van der Waals surface area contributed by atoms with Gasteiger partial charge in [-0.15, -0.1) is 0 Å². The molecule has 2 rings (SSSR count). The summed E-state index contributed by atoms with van der Waals surface area (Å²) in [6.45, 7) is 3.89. The van der Waals surface area contributed by atoms with Crippen molar-refractivity contribution in [3.8, 4) is 0 Å². The van der Waals surface area contributed by atoms with Crippen molar-refractivity contribution in [2.75, 3.05) is 43.9 Å². The predicted octanol–water partition coefficient (Wildman–Crippen LogP) is 0.849. The Kier molecular flexibility index (Phi) is 4.74. The number of sulfonamides is 1. The number of nitrogens with zero attached hydrogens (tertiary/aromatic N) is 2. The molecule has 1 atom stereocenters. The average molecular weight is 278 g/mol. The third-order valence-corrected chi connectivity index (χ3v) is 6.01. The van der Waals surface area contributed by atoms with Crippen LogP contribution in [0.4, 0.5) is 0 Å². The molecular weight excluding hydrogens is 256 g/mol. The van der Waals surface area contributed by atoms with Gasteiger partial charge in [-0.25, -0.2) is 8.42 Å². The van der Waals surface area contributed by atoms with E-state index in [2.05, 4.69) is 4.90 Å². The van der Waals surface area contributed by atoms with Crippen LogP contribution in [0.1, 0.15) is 19.3 Å². The summed E-state index contributed by atoms with van der Waals surface area (Å²) in [5, 5.41) is 0. The first-order chi connectivity index (χ1) is 8.07. The lowest BCUT2D eigenvalue weighted by Gasteiger charge is -2.30. The lowest BCUT2D eigenvalue weighted by atomic mass is 10.3. The highest BCUT2D eigenvalue weighted by molar-refractivity contribution is 7.99. The van der Waals surface area contributed by atoms with Gasteiger partial charge >= 0.3 is 0 Å². The first-order valence-electron chi connectivity index (χ1n) is 6.34. The molecule has 0 amide bonds. The van der Waals surface area contributed by atoms with Crippen LogP contribution in [-0.2, 0) is 10.0 Å². The number of likely N-dealkylation sites (tertiary alicyclic amines) is 1. The lowest BCUT2D eigenvalue weighted by molar-refractivity contribution is 0.244. The van der Waals surface area contributed by atoms with Crippen LogP contribution >= 0.6 is 11.8 Å². The number of hydrogen-bond donors (Lipinski definition) is 0. The largest absolute Gasteiger partial charge is 0.302 e. The van der Waals surface area contributed by atoms with Gasteiger partial charge in [-0.05, 0) is 38.1 Å². The van der Waals surface area contributed by atoms with Crippen LogP contribution in [-0.4, -0.2) is 67.6 Å². The summed E-state index contributed by atoms with van der Waals surface area (Å²) in [6.07, 6.45) is 4.85. The van der Waals surface area contributed by atoms with Crippen molar-refractivity contribution in [3.05, 3.63) is 0 Å². The van der Waals surface area contributed by atoms with E-state index in [1.54, 1.807) is 4.31 Å². The van der Waals surface area contributed by atoms with Crippen molar-refractivity contribution in [2.24, 2.45) is 0 Å². The Hall–Kier alpha value is 0.220. The van der Waals surface area contributed by atoms with Crippen LogP contribution < -0.4 is 0 Å². The molecule has 0 radical (unpaired) electrons. The first kappa shape index (κ1) is 13.6. The van der Waals surface area contributed by atoms with Crippen molar-refractivity contribution in [2.45, 2.75) is 25.3 Å². The Morgan fingerprint density at radius 1 is 1.18 bits per heavy atom. The van der Waals surface area contributed by atoms with Gasteiger partial charge in [-0.1, -0.05) is 0 Å². The summed E-state index contributed by atoms with van der Waals surface area (Å²) in [5.41, 5.74) is 0. The van der Waals surface area contributed by atoms with Gasteiger partial charge in [0.05, 0.1) is 6.26 Å². The molecule has 1 unspecified atom stereocenters. The van der Waals surface area contributed by atoms with Gasteiger partial charge in [0.2, 0.25) is 10.0 Å². The Morgan fingerprint density at radius 2 is 1.88 bits per heavy atom. The molecule has 0 spiro atoms.